The van der Waals surface area contributed by atoms with Crippen molar-refractivity contribution in [1.29, 1.82) is 0 Å². The number of rotatable bonds is 7. The zero-order chi connectivity index (χ0) is 25.9. The molecule has 1 aliphatic rings. The average Bonchev–Trinajstić information content (AvgIpc) is 3.39. The van der Waals surface area contributed by atoms with Crippen molar-refractivity contribution in [2.24, 2.45) is 0 Å². The van der Waals surface area contributed by atoms with Crippen molar-refractivity contribution >= 4 is 17.3 Å². The van der Waals surface area contributed by atoms with Gasteiger partial charge in [-0.3, -0.25) is 4.90 Å². The van der Waals surface area contributed by atoms with E-state index in [9.17, 15) is 9.18 Å². The number of hydrogen-bond acceptors (Lipinski definition) is 5. The number of carbonyl (C=O) groups is 1. The van der Waals surface area contributed by atoms with Crippen molar-refractivity contribution in [3.05, 3.63) is 101 Å². The number of urea groups is 1. The number of benzene rings is 3. The summed E-state index contributed by atoms with van der Waals surface area (Å²) in [5, 5.41) is 7.20. The summed E-state index contributed by atoms with van der Waals surface area (Å²) in [5.41, 5.74) is 4.40. The monoisotopic (exact) mass is 498 g/mol. The predicted octanol–water partition coefficient (Wildman–Crippen LogP) is 6.54. The third-order valence-corrected chi connectivity index (χ3v) is 6.35. The summed E-state index contributed by atoms with van der Waals surface area (Å²) in [6, 6.07) is 20.3. The van der Waals surface area contributed by atoms with Crippen molar-refractivity contribution in [2.45, 2.75) is 33.2 Å². The van der Waals surface area contributed by atoms with Gasteiger partial charge in [-0.05, 0) is 79.9 Å². The summed E-state index contributed by atoms with van der Waals surface area (Å²) in [6.45, 7) is 6.40. The van der Waals surface area contributed by atoms with Crippen molar-refractivity contribution in [3.8, 4) is 17.1 Å². The van der Waals surface area contributed by atoms with Gasteiger partial charge in [0.1, 0.15) is 11.6 Å². The molecule has 0 bridgehead atoms. The first kappa shape index (κ1) is 24.2. The fourth-order valence-corrected chi connectivity index (χ4v) is 4.46. The fourth-order valence-electron chi connectivity index (χ4n) is 4.46. The van der Waals surface area contributed by atoms with Gasteiger partial charge >= 0.3 is 6.03 Å². The second-order valence-electron chi connectivity index (χ2n) is 8.67. The van der Waals surface area contributed by atoms with Gasteiger partial charge in [-0.1, -0.05) is 36.3 Å². The zero-order valence-corrected chi connectivity index (χ0v) is 20.9. The van der Waals surface area contributed by atoms with Gasteiger partial charge < -0.3 is 14.6 Å². The summed E-state index contributed by atoms with van der Waals surface area (Å²) in [5.74, 6) is 0.985. The van der Waals surface area contributed by atoms with Crippen LogP contribution < -0.4 is 15.0 Å². The van der Waals surface area contributed by atoms with E-state index < -0.39 is 11.9 Å². The number of ether oxygens (including phenoxy) is 1. The molecule has 2 amide bonds. The normalized spacial score (nSPS) is 15.6. The average molecular weight is 499 g/mol. The van der Waals surface area contributed by atoms with Crippen molar-refractivity contribution in [2.75, 3.05) is 11.5 Å². The van der Waals surface area contributed by atoms with Gasteiger partial charge in [-0.15, -0.1) is 0 Å². The van der Waals surface area contributed by atoms with E-state index in [0.717, 1.165) is 23.3 Å². The Balaban J connectivity index is 1.60. The van der Waals surface area contributed by atoms with E-state index in [2.05, 4.69) is 22.4 Å². The van der Waals surface area contributed by atoms with Crippen molar-refractivity contribution < 1.29 is 18.4 Å². The van der Waals surface area contributed by atoms with Gasteiger partial charge in [0.15, 0.2) is 0 Å². The standard InChI is InChI=1S/C29H27FN4O3/c1-4-19-9-13-23(14-10-19)34-18(3)25(26(31-29(34)35)21-7-6-8-22(30)17-21)28-32-27(33-37-28)20-11-15-24(16-12-20)36-5-2/h6-17,26H,4-5H2,1-3H3,(H,31,35). The van der Waals surface area contributed by atoms with Gasteiger partial charge in [-0.2, -0.15) is 4.98 Å². The maximum Gasteiger partial charge on any atom is 0.326 e. The van der Waals surface area contributed by atoms with Gasteiger partial charge in [-0.25, -0.2) is 9.18 Å². The quantitative estimate of drug-likeness (QED) is 0.313. The first-order valence-electron chi connectivity index (χ1n) is 12.2. The Bertz CT molecular complexity index is 1440. The molecule has 1 atom stereocenters. The Morgan fingerprint density at radius 2 is 1.81 bits per heavy atom. The van der Waals surface area contributed by atoms with Crippen LogP contribution in [0.15, 0.2) is 83.0 Å². The number of nitrogens with one attached hydrogen (secondary N) is 1. The first-order valence-corrected chi connectivity index (χ1v) is 12.2. The smallest absolute Gasteiger partial charge is 0.326 e. The Hall–Kier alpha value is -4.46. The van der Waals surface area contributed by atoms with E-state index in [-0.39, 0.29) is 11.9 Å². The molecule has 188 valence electrons. The first-order chi connectivity index (χ1) is 18.0. The van der Waals surface area contributed by atoms with Crippen LogP contribution in [0.5, 0.6) is 5.75 Å². The summed E-state index contributed by atoms with van der Waals surface area (Å²) in [6.07, 6.45) is 0.893. The molecular weight excluding hydrogens is 471 g/mol. The molecular formula is C29H27FN4O3. The molecule has 0 saturated heterocycles. The number of nitrogens with zero attached hydrogens (tertiary/aromatic N) is 3. The van der Waals surface area contributed by atoms with E-state index >= 15 is 0 Å². The number of hydrogen-bond donors (Lipinski definition) is 1. The predicted molar refractivity (Wildman–Crippen MR) is 139 cm³/mol. The lowest BCUT2D eigenvalue weighted by Gasteiger charge is -2.35. The summed E-state index contributed by atoms with van der Waals surface area (Å²) >= 11 is 0. The van der Waals surface area contributed by atoms with Crippen LogP contribution >= 0.6 is 0 Å². The molecule has 7 nitrogen and oxygen atoms in total. The molecule has 1 unspecified atom stereocenters. The molecule has 1 N–H and O–H groups in total. The molecule has 0 radical (unpaired) electrons. The Morgan fingerprint density at radius 1 is 1.05 bits per heavy atom. The fraction of sp³-hybridized carbons (Fsp3) is 0.207. The van der Waals surface area contributed by atoms with E-state index in [0.29, 0.717) is 35.0 Å². The van der Waals surface area contributed by atoms with Crippen molar-refractivity contribution in [3.63, 3.8) is 0 Å². The molecule has 37 heavy (non-hydrogen) atoms. The molecule has 3 aromatic carbocycles. The summed E-state index contributed by atoms with van der Waals surface area (Å²) in [7, 11) is 0. The third-order valence-electron chi connectivity index (χ3n) is 6.35. The van der Waals surface area contributed by atoms with Crippen LogP contribution in [0.25, 0.3) is 17.0 Å². The molecule has 0 fully saturated rings. The number of allylic oxidation sites excluding steroid dienone is 1. The molecule has 0 spiro atoms. The van der Waals surface area contributed by atoms with Crippen LogP contribution in [0.2, 0.25) is 0 Å². The van der Waals surface area contributed by atoms with Gasteiger partial charge in [0.2, 0.25) is 5.82 Å². The van der Waals surface area contributed by atoms with Crippen LogP contribution in [0.3, 0.4) is 0 Å². The van der Waals surface area contributed by atoms with Gasteiger partial charge in [0.25, 0.3) is 5.89 Å². The van der Waals surface area contributed by atoms with Crippen molar-refractivity contribution in [1.82, 2.24) is 15.5 Å². The molecule has 1 aromatic heterocycles. The minimum atomic E-state index is -0.678. The number of anilines is 1. The minimum Gasteiger partial charge on any atom is -0.494 e. The second kappa shape index (κ2) is 10.3. The van der Waals surface area contributed by atoms with Crippen LogP contribution in [0.1, 0.15) is 43.8 Å². The van der Waals surface area contributed by atoms with E-state index in [4.69, 9.17) is 9.26 Å². The number of aryl methyl sites for hydroxylation is 1. The molecule has 2 heterocycles. The molecule has 0 saturated carbocycles. The number of halogens is 1. The minimum absolute atomic E-state index is 0.242. The molecule has 8 heteroatoms. The SMILES string of the molecule is CCOc1ccc(-c2noc(C3=C(C)N(c4ccc(CC)cc4)C(=O)NC3c3cccc(F)c3)n2)cc1. The maximum absolute atomic E-state index is 14.2. The lowest BCUT2D eigenvalue weighted by Crippen LogP contribution is -2.46. The molecule has 4 aromatic rings. The highest BCUT2D eigenvalue weighted by Crippen LogP contribution is 2.39. The topological polar surface area (TPSA) is 80.5 Å². The largest absolute Gasteiger partial charge is 0.494 e. The Kier molecular flexibility index (Phi) is 6.72. The number of amides is 2. The Morgan fingerprint density at radius 3 is 2.49 bits per heavy atom. The highest BCUT2D eigenvalue weighted by molar-refractivity contribution is 6.01. The summed E-state index contributed by atoms with van der Waals surface area (Å²) < 4.78 is 25.4. The van der Waals surface area contributed by atoms with E-state index in [1.807, 2.05) is 62.4 Å². The van der Waals surface area contributed by atoms with Crippen LogP contribution in [-0.4, -0.2) is 22.8 Å². The number of carbonyl (C=O) groups excluding carboxylic acids is 1. The highest BCUT2D eigenvalue weighted by Gasteiger charge is 2.36. The Labute approximate surface area is 214 Å². The molecule has 5 rings (SSSR count). The van der Waals surface area contributed by atoms with Crippen LogP contribution in [0, 0.1) is 5.82 Å². The molecule has 0 aliphatic carbocycles. The maximum atomic E-state index is 14.2. The second-order valence-corrected chi connectivity index (χ2v) is 8.67. The van der Waals surface area contributed by atoms with Crippen LogP contribution in [-0.2, 0) is 6.42 Å². The highest BCUT2D eigenvalue weighted by atomic mass is 19.1. The van der Waals surface area contributed by atoms with Crippen LogP contribution in [0.4, 0.5) is 14.9 Å². The molecule has 1 aliphatic heterocycles. The summed E-state index contributed by atoms with van der Waals surface area (Å²) in [4.78, 5) is 19.6. The lowest BCUT2D eigenvalue weighted by atomic mass is 9.94. The van der Waals surface area contributed by atoms with E-state index in [1.54, 1.807) is 17.0 Å². The third kappa shape index (κ3) is 4.82. The van der Waals surface area contributed by atoms with Gasteiger partial charge in [0.05, 0.1) is 23.9 Å². The zero-order valence-electron chi connectivity index (χ0n) is 20.9. The van der Waals surface area contributed by atoms with E-state index in [1.165, 1.54) is 12.1 Å². The lowest BCUT2D eigenvalue weighted by molar-refractivity contribution is 0.244. The van der Waals surface area contributed by atoms with Gasteiger partial charge in [0, 0.05) is 11.3 Å². The number of aromatic nitrogens is 2.